The highest BCUT2D eigenvalue weighted by Crippen LogP contribution is 2.30. The maximum atomic E-state index is 12.4. The fraction of sp³-hybridized carbons (Fsp3) is 0.316. The molecule has 0 aliphatic carbocycles. The van der Waals surface area contributed by atoms with Crippen LogP contribution >= 0.6 is 11.8 Å². The zero-order chi connectivity index (χ0) is 16.8. The van der Waals surface area contributed by atoms with E-state index in [0.717, 1.165) is 30.8 Å². The van der Waals surface area contributed by atoms with Crippen LogP contribution in [0.4, 0.5) is 10.5 Å². The SMILES string of the molecule is Cc1cc(Sc2ccccc2)ccc1NC(=O)N1CCCOCC1. The minimum Gasteiger partial charge on any atom is -0.380 e. The van der Waals surface area contributed by atoms with E-state index >= 15 is 0 Å². The number of carbonyl (C=O) groups is 1. The Morgan fingerprint density at radius 1 is 1.08 bits per heavy atom. The van der Waals surface area contributed by atoms with Crippen molar-refractivity contribution in [2.45, 2.75) is 23.1 Å². The summed E-state index contributed by atoms with van der Waals surface area (Å²) in [6, 6.07) is 16.4. The van der Waals surface area contributed by atoms with Gasteiger partial charge >= 0.3 is 6.03 Å². The van der Waals surface area contributed by atoms with Gasteiger partial charge in [0.2, 0.25) is 0 Å². The van der Waals surface area contributed by atoms with Gasteiger partial charge in [0, 0.05) is 35.2 Å². The van der Waals surface area contributed by atoms with E-state index in [2.05, 4.69) is 23.5 Å². The molecule has 2 aromatic carbocycles. The van der Waals surface area contributed by atoms with E-state index < -0.39 is 0 Å². The fourth-order valence-electron chi connectivity index (χ4n) is 2.61. The first kappa shape index (κ1) is 16.9. The Hall–Kier alpha value is -1.98. The number of amides is 2. The summed E-state index contributed by atoms with van der Waals surface area (Å²) in [6.07, 6.45) is 0.888. The van der Waals surface area contributed by atoms with Gasteiger partial charge in [0.15, 0.2) is 0 Å². The second-order valence-electron chi connectivity index (χ2n) is 5.77. The lowest BCUT2D eigenvalue weighted by molar-refractivity contribution is 0.144. The number of urea groups is 1. The standard InChI is InChI=1S/C19H22N2O2S/c1-15-14-17(24-16-6-3-2-4-7-16)8-9-18(15)20-19(22)21-10-5-12-23-13-11-21/h2-4,6-9,14H,5,10-13H2,1H3,(H,20,22). The summed E-state index contributed by atoms with van der Waals surface area (Å²) in [5.41, 5.74) is 1.93. The van der Waals surface area contributed by atoms with Crippen LogP contribution in [-0.4, -0.2) is 37.2 Å². The molecule has 4 nitrogen and oxygen atoms in total. The van der Waals surface area contributed by atoms with E-state index in [-0.39, 0.29) is 6.03 Å². The van der Waals surface area contributed by atoms with Crippen molar-refractivity contribution in [3.05, 3.63) is 54.1 Å². The quantitative estimate of drug-likeness (QED) is 0.899. The van der Waals surface area contributed by atoms with Crippen LogP contribution in [0.15, 0.2) is 58.3 Å². The Morgan fingerprint density at radius 2 is 1.92 bits per heavy atom. The third-order valence-electron chi connectivity index (χ3n) is 3.93. The van der Waals surface area contributed by atoms with E-state index in [1.165, 1.54) is 9.79 Å². The van der Waals surface area contributed by atoms with E-state index in [9.17, 15) is 4.79 Å². The minimum absolute atomic E-state index is 0.0490. The molecule has 5 heteroatoms. The summed E-state index contributed by atoms with van der Waals surface area (Å²) in [4.78, 5) is 16.6. The third-order valence-corrected chi connectivity index (χ3v) is 4.93. The van der Waals surface area contributed by atoms with Crippen LogP contribution in [0.5, 0.6) is 0 Å². The second kappa shape index (κ2) is 8.22. The van der Waals surface area contributed by atoms with Gasteiger partial charge in [-0.25, -0.2) is 4.79 Å². The van der Waals surface area contributed by atoms with Crippen molar-refractivity contribution in [3.63, 3.8) is 0 Å². The fourth-order valence-corrected chi connectivity index (χ4v) is 3.55. The number of nitrogens with one attached hydrogen (secondary N) is 1. The van der Waals surface area contributed by atoms with Gasteiger partial charge in [0.1, 0.15) is 0 Å². The molecule has 1 fully saturated rings. The number of nitrogens with zero attached hydrogens (tertiary/aromatic N) is 1. The van der Waals surface area contributed by atoms with Crippen LogP contribution in [0.3, 0.4) is 0 Å². The van der Waals surface area contributed by atoms with Crippen molar-refractivity contribution in [1.82, 2.24) is 4.90 Å². The Balaban J connectivity index is 1.65. The van der Waals surface area contributed by atoms with Crippen molar-refractivity contribution < 1.29 is 9.53 Å². The van der Waals surface area contributed by atoms with E-state index in [0.29, 0.717) is 13.2 Å². The number of ether oxygens (including phenoxy) is 1. The van der Waals surface area contributed by atoms with Gasteiger partial charge in [-0.1, -0.05) is 30.0 Å². The molecule has 1 aliphatic rings. The predicted molar refractivity (Wildman–Crippen MR) is 97.8 cm³/mol. The second-order valence-corrected chi connectivity index (χ2v) is 6.92. The van der Waals surface area contributed by atoms with Crippen molar-refractivity contribution in [2.24, 2.45) is 0 Å². The van der Waals surface area contributed by atoms with Crippen LogP contribution in [0.2, 0.25) is 0 Å². The molecular formula is C19H22N2O2S. The Kier molecular flexibility index (Phi) is 5.77. The molecule has 2 aromatic rings. The zero-order valence-electron chi connectivity index (χ0n) is 13.8. The maximum absolute atomic E-state index is 12.4. The highest BCUT2D eigenvalue weighted by atomic mass is 32.2. The average molecular weight is 342 g/mol. The molecule has 1 aliphatic heterocycles. The summed E-state index contributed by atoms with van der Waals surface area (Å²) in [7, 11) is 0. The summed E-state index contributed by atoms with van der Waals surface area (Å²) >= 11 is 1.72. The van der Waals surface area contributed by atoms with Gasteiger partial charge in [-0.3, -0.25) is 0 Å². The number of hydrogen-bond donors (Lipinski definition) is 1. The minimum atomic E-state index is -0.0490. The van der Waals surface area contributed by atoms with Gasteiger partial charge < -0.3 is 15.0 Å². The Bertz CT molecular complexity index is 683. The van der Waals surface area contributed by atoms with Gasteiger partial charge in [0.25, 0.3) is 0 Å². The smallest absolute Gasteiger partial charge is 0.321 e. The highest BCUT2D eigenvalue weighted by Gasteiger charge is 2.16. The molecule has 0 spiro atoms. The van der Waals surface area contributed by atoms with Crippen LogP contribution < -0.4 is 5.32 Å². The number of hydrogen-bond acceptors (Lipinski definition) is 3. The number of anilines is 1. The first-order valence-electron chi connectivity index (χ1n) is 8.19. The summed E-state index contributed by atoms with van der Waals surface area (Å²) in [6.45, 7) is 4.75. The molecule has 0 radical (unpaired) electrons. The Morgan fingerprint density at radius 3 is 2.71 bits per heavy atom. The van der Waals surface area contributed by atoms with Crippen molar-refractivity contribution in [1.29, 1.82) is 0 Å². The van der Waals surface area contributed by atoms with Crippen LogP contribution in [-0.2, 0) is 4.74 Å². The van der Waals surface area contributed by atoms with E-state index in [1.807, 2.05) is 42.2 Å². The monoisotopic (exact) mass is 342 g/mol. The molecule has 0 saturated carbocycles. The highest BCUT2D eigenvalue weighted by molar-refractivity contribution is 7.99. The molecule has 24 heavy (non-hydrogen) atoms. The first-order chi connectivity index (χ1) is 11.7. The van der Waals surface area contributed by atoms with Crippen LogP contribution in [0.25, 0.3) is 0 Å². The number of rotatable bonds is 3. The summed E-state index contributed by atoms with van der Waals surface area (Å²) in [5, 5.41) is 3.02. The first-order valence-corrected chi connectivity index (χ1v) is 9.01. The van der Waals surface area contributed by atoms with Gasteiger partial charge in [-0.2, -0.15) is 0 Å². The van der Waals surface area contributed by atoms with Gasteiger partial charge in [0.05, 0.1) is 6.61 Å². The molecule has 0 unspecified atom stereocenters. The lowest BCUT2D eigenvalue weighted by Crippen LogP contribution is -2.36. The lowest BCUT2D eigenvalue weighted by Gasteiger charge is -2.21. The molecule has 1 heterocycles. The van der Waals surface area contributed by atoms with Crippen molar-refractivity contribution >= 4 is 23.5 Å². The normalized spacial score (nSPS) is 15.0. The molecule has 1 N–H and O–H groups in total. The van der Waals surface area contributed by atoms with Crippen molar-refractivity contribution in [3.8, 4) is 0 Å². The molecule has 1 saturated heterocycles. The summed E-state index contributed by atoms with van der Waals surface area (Å²) in [5.74, 6) is 0. The molecule has 0 atom stereocenters. The van der Waals surface area contributed by atoms with Gasteiger partial charge in [-0.15, -0.1) is 0 Å². The van der Waals surface area contributed by atoms with Crippen molar-refractivity contribution in [2.75, 3.05) is 31.6 Å². The van der Waals surface area contributed by atoms with E-state index in [4.69, 9.17) is 4.74 Å². The molecule has 2 amide bonds. The maximum Gasteiger partial charge on any atom is 0.321 e. The lowest BCUT2D eigenvalue weighted by atomic mass is 10.2. The summed E-state index contributed by atoms with van der Waals surface area (Å²) < 4.78 is 5.40. The molecule has 3 rings (SSSR count). The number of carbonyl (C=O) groups excluding carboxylic acids is 1. The molecular weight excluding hydrogens is 320 g/mol. The number of benzene rings is 2. The molecule has 126 valence electrons. The third kappa shape index (κ3) is 4.52. The topological polar surface area (TPSA) is 41.6 Å². The average Bonchev–Trinajstić information content (AvgIpc) is 2.88. The number of aryl methyl sites for hydroxylation is 1. The van der Waals surface area contributed by atoms with Crippen LogP contribution in [0, 0.1) is 6.92 Å². The predicted octanol–water partition coefficient (Wildman–Crippen LogP) is 4.40. The van der Waals surface area contributed by atoms with Gasteiger partial charge in [-0.05, 0) is 49.2 Å². The largest absolute Gasteiger partial charge is 0.380 e. The molecule has 0 bridgehead atoms. The van der Waals surface area contributed by atoms with Crippen LogP contribution in [0.1, 0.15) is 12.0 Å². The van der Waals surface area contributed by atoms with E-state index in [1.54, 1.807) is 11.8 Å². The molecule has 0 aromatic heterocycles. The zero-order valence-corrected chi connectivity index (χ0v) is 14.6. The Labute approximate surface area is 147 Å².